The molecule has 0 aromatic rings. The number of rotatable bonds is 5. The first-order valence-corrected chi connectivity index (χ1v) is 6.65. The van der Waals surface area contributed by atoms with Crippen molar-refractivity contribution in [2.45, 2.75) is 58.6 Å². The minimum absolute atomic E-state index is 0.0796. The van der Waals surface area contributed by atoms with E-state index in [4.69, 9.17) is 10.00 Å². The molecule has 0 spiro atoms. The highest BCUT2D eigenvalue weighted by molar-refractivity contribution is 4.88. The Balaban J connectivity index is 2.30. The van der Waals surface area contributed by atoms with Crippen molar-refractivity contribution in [2.24, 2.45) is 11.3 Å². The lowest BCUT2D eigenvalue weighted by molar-refractivity contribution is -0.0244. The molecule has 3 atom stereocenters. The van der Waals surface area contributed by atoms with Gasteiger partial charge in [0.15, 0.2) is 0 Å². The largest absolute Gasteiger partial charge is 0.378 e. The van der Waals surface area contributed by atoms with Crippen LogP contribution in [0.1, 0.15) is 46.5 Å². The van der Waals surface area contributed by atoms with E-state index in [-0.39, 0.29) is 6.04 Å². The maximum Gasteiger partial charge on any atom is 0.0972 e. The predicted octanol–water partition coefficient (Wildman–Crippen LogP) is 2.72. The standard InChI is InChI=1S/C14H26N2O/c1-11-7-13(9-14(2,3)8-11)17-6-5-12(10-15)16-4/h11-13,16H,5-9H2,1-4H3. The van der Waals surface area contributed by atoms with Crippen LogP contribution in [0, 0.1) is 22.7 Å². The quantitative estimate of drug-likeness (QED) is 0.801. The lowest BCUT2D eigenvalue weighted by Crippen LogP contribution is -2.33. The van der Waals surface area contributed by atoms with Crippen molar-refractivity contribution in [3.63, 3.8) is 0 Å². The van der Waals surface area contributed by atoms with Gasteiger partial charge >= 0.3 is 0 Å². The minimum Gasteiger partial charge on any atom is -0.378 e. The molecule has 1 saturated carbocycles. The van der Waals surface area contributed by atoms with Gasteiger partial charge in [-0.3, -0.25) is 0 Å². The SMILES string of the molecule is CNC(C#N)CCOC1CC(C)CC(C)(C)C1. The van der Waals surface area contributed by atoms with Crippen LogP contribution in [0.3, 0.4) is 0 Å². The normalized spacial score (nSPS) is 29.6. The third-order valence-electron chi connectivity index (χ3n) is 3.61. The highest BCUT2D eigenvalue weighted by Gasteiger charge is 2.32. The van der Waals surface area contributed by atoms with Gasteiger partial charge in [0.2, 0.25) is 0 Å². The molecule has 3 unspecified atom stereocenters. The van der Waals surface area contributed by atoms with Crippen molar-refractivity contribution < 1.29 is 4.74 Å². The lowest BCUT2D eigenvalue weighted by atomic mass is 9.71. The Morgan fingerprint density at radius 2 is 2.18 bits per heavy atom. The number of nitrogens with one attached hydrogen (secondary N) is 1. The van der Waals surface area contributed by atoms with Gasteiger partial charge in [0.05, 0.1) is 18.2 Å². The highest BCUT2D eigenvalue weighted by Crippen LogP contribution is 2.39. The lowest BCUT2D eigenvalue weighted by Gasteiger charge is -2.38. The van der Waals surface area contributed by atoms with E-state index in [9.17, 15) is 0 Å². The Hall–Kier alpha value is -0.590. The molecule has 0 aromatic carbocycles. The van der Waals surface area contributed by atoms with E-state index in [0.29, 0.717) is 18.1 Å². The molecule has 0 aliphatic heterocycles. The smallest absolute Gasteiger partial charge is 0.0972 e. The summed E-state index contributed by atoms with van der Waals surface area (Å²) >= 11 is 0. The molecule has 3 heteroatoms. The van der Waals surface area contributed by atoms with Crippen LogP contribution in [0.15, 0.2) is 0 Å². The molecule has 98 valence electrons. The van der Waals surface area contributed by atoms with Crippen molar-refractivity contribution in [3.05, 3.63) is 0 Å². The molecule has 1 aliphatic rings. The van der Waals surface area contributed by atoms with Crippen molar-refractivity contribution in [1.82, 2.24) is 5.32 Å². The first-order chi connectivity index (χ1) is 7.96. The van der Waals surface area contributed by atoms with E-state index < -0.39 is 0 Å². The van der Waals surface area contributed by atoms with Crippen molar-refractivity contribution in [3.8, 4) is 6.07 Å². The minimum atomic E-state index is -0.0796. The zero-order chi connectivity index (χ0) is 12.9. The van der Waals surface area contributed by atoms with Gasteiger partial charge in [0.25, 0.3) is 0 Å². The zero-order valence-electron chi connectivity index (χ0n) is 11.6. The van der Waals surface area contributed by atoms with Crippen LogP contribution < -0.4 is 5.32 Å². The molecule has 1 N–H and O–H groups in total. The third kappa shape index (κ3) is 5.06. The number of hydrogen-bond donors (Lipinski definition) is 1. The van der Waals surface area contributed by atoms with Crippen LogP contribution in [-0.2, 0) is 4.74 Å². The van der Waals surface area contributed by atoms with Gasteiger partial charge in [-0.05, 0) is 44.1 Å². The summed E-state index contributed by atoms with van der Waals surface area (Å²) in [4.78, 5) is 0. The summed E-state index contributed by atoms with van der Waals surface area (Å²) in [5.74, 6) is 0.750. The molecule has 1 fully saturated rings. The number of hydrogen-bond acceptors (Lipinski definition) is 3. The molecular weight excluding hydrogens is 212 g/mol. The van der Waals surface area contributed by atoms with E-state index in [0.717, 1.165) is 18.8 Å². The fraction of sp³-hybridized carbons (Fsp3) is 0.929. The van der Waals surface area contributed by atoms with Crippen LogP contribution in [-0.4, -0.2) is 25.8 Å². The fourth-order valence-corrected chi connectivity index (χ4v) is 3.01. The van der Waals surface area contributed by atoms with Crippen LogP contribution in [0.2, 0.25) is 0 Å². The first-order valence-electron chi connectivity index (χ1n) is 6.65. The molecule has 3 nitrogen and oxygen atoms in total. The third-order valence-corrected chi connectivity index (χ3v) is 3.61. The van der Waals surface area contributed by atoms with Gasteiger partial charge in [0, 0.05) is 6.61 Å². The second-order valence-corrected chi connectivity index (χ2v) is 6.17. The number of nitriles is 1. The van der Waals surface area contributed by atoms with E-state index >= 15 is 0 Å². The Bertz CT molecular complexity index is 270. The van der Waals surface area contributed by atoms with Crippen LogP contribution in [0.4, 0.5) is 0 Å². The van der Waals surface area contributed by atoms with Crippen molar-refractivity contribution >= 4 is 0 Å². The summed E-state index contributed by atoms with van der Waals surface area (Å²) in [6, 6.07) is 2.14. The molecule has 0 radical (unpaired) electrons. The molecule has 0 aromatic heterocycles. The van der Waals surface area contributed by atoms with Gasteiger partial charge < -0.3 is 10.1 Å². The topological polar surface area (TPSA) is 45.0 Å². The Morgan fingerprint density at radius 1 is 1.47 bits per heavy atom. The second-order valence-electron chi connectivity index (χ2n) is 6.17. The molecule has 1 rings (SSSR count). The van der Waals surface area contributed by atoms with Crippen molar-refractivity contribution in [1.29, 1.82) is 5.26 Å². The highest BCUT2D eigenvalue weighted by atomic mass is 16.5. The second kappa shape index (κ2) is 6.37. The summed E-state index contributed by atoms with van der Waals surface area (Å²) in [5.41, 5.74) is 0.403. The molecule has 17 heavy (non-hydrogen) atoms. The average Bonchev–Trinajstić information content (AvgIpc) is 2.21. The zero-order valence-corrected chi connectivity index (χ0v) is 11.6. The summed E-state index contributed by atoms with van der Waals surface area (Å²) < 4.78 is 5.93. The Morgan fingerprint density at radius 3 is 2.71 bits per heavy atom. The van der Waals surface area contributed by atoms with Gasteiger partial charge in [-0.15, -0.1) is 0 Å². The maximum atomic E-state index is 8.82. The van der Waals surface area contributed by atoms with Crippen LogP contribution in [0.5, 0.6) is 0 Å². The molecule has 0 bridgehead atoms. The Labute approximate surface area is 106 Å². The van der Waals surface area contributed by atoms with Gasteiger partial charge in [-0.25, -0.2) is 0 Å². The maximum absolute atomic E-state index is 8.82. The number of nitrogens with zero attached hydrogens (tertiary/aromatic N) is 1. The van der Waals surface area contributed by atoms with E-state index in [1.165, 1.54) is 12.8 Å². The molecule has 0 heterocycles. The Kier molecular flexibility index (Phi) is 5.42. The van der Waals surface area contributed by atoms with E-state index in [1.54, 1.807) is 0 Å². The first kappa shape index (κ1) is 14.5. The fourth-order valence-electron chi connectivity index (χ4n) is 3.01. The average molecular weight is 238 g/mol. The van der Waals surface area contributed by atoms with Gasteiger partial charge in [0.1, 0.15) is 0 Å². The van der Waals surface area contributed by atoms with E-state index in [1.807, 2.05) is 7.05 Å². The molecule has 0 amide bonds. The summed E-state index contributed by atoms with van der Waals surface area (Å²) in [6.07, 6.45) is 4.77. The monoisotopic (exact) mass is 238 g/mol. The number of ether oxygens (including phenoxy) is 1. The molecular formula is C14H26N2O. The summed E-state index contributed by atoms with van der Waals surface area (Å²) in [6.45, 7) is 7.64. The van der Waals surface area contributed by atoms with Crippen LogP contribution >= 0.6 is 0 Å². The summed E-state index contributed by atoms with van der Waals surface area (Å²) in [7, 11) is 1.82. The molecule has 0 saturated heterocycles. The van der Waals surface area contributed by atoms with E-state index in [2.05, 4.69) is 32.2 Å². The van der Waals surface area contributed by atoms with Crippen LogP contribution in [0.25, 0.3) is 0 Å². The summed E-state index contributed by atoms with van der Waals surface area (Å²) in [5, 5.41) is 11.8. The molecule has 1 aliphatic carbocycles. The van der Waals surface area contributed by atoms with Crippen molar-refractivity contribution in [2.75, 3.05) is 13.7 Å². The van der Waals surface area contributed by atoms with Gasteiger partial charge in [-0.1, -0.05) is 20.8 Å². The van der Waals surface area contributed by atoms with Gasteiger partial charge in [-0.2, -0.15) is 5.26 Å². The predicted molar refractivity (Wildman–Crippen MR) is 69.6 cm³/mol.